The maximum Gasteiger partial charge on any atom is 0.413 e. The van der Waals surface area contributed by atoms with Gasteiger partial charge in [0, 0.05) is 0 Å². The van der Waals surface area contributed by atoms with Gasteiger partial charge in [0.2, 0.25) is 0 Å². The summed E-state index contributed by atoms with van der Waals surface area (Å²) < 4.78 is 7.24. The summed E-state index contributed by atoms with van der Waals surface area (Å²) in [5, 5.41) is 15.6. The summed E-state index contributed by atoms with van der Waals surface area (Å²) in [6.07, 6.45) is 4.15. The summed E-state index contributed by atoms with van der Waals surface area (Å²) in [5.41, 5.74) is 2.50. The topological polar surface area (TPSA) is 81.9 Å². The van der Waals surface area contributed by atoms with E-state index in [1.165, 1.54) is 0 Å². The molecule has 1 aromatic heterocycles. The molecule has 7 heteroatoms. The number of aryl methyl sites for hydroxylation is 2. The van der Waals surface area contributed by atoms with Crippen molar-refractivity contribution in [3.05, 3.63) is 65.5 Å². The second-order valence-corrected chi connectivity index (χ2v) is 7.73. The van der Waals surface area contributed by atoms with Crippen LogP contribution in [-0.4, -0.2) is 26.3 Å². The van der Waals surface area contributed by atoms with Gasteiger partial charge in [-0.15, -0.1) is 5.10 Å². The van der Waals surface area contributed by atoms with Gasteiger partial charge in [0.1, 0.15) is 11.3 Å². The van der Waals surface area contributed by atoms with E-state index < -0.39 is 11.6 Å². The Balaban J connectivity index is 1.67. The summed E-state index contributed by atoms with van der Waals surface area (Å²) in [6, 6.07) is 15.3. The lowest BCUT2D eigenvalue weighted by atomic mass is 9.81. The van der Waals surface area contributed by atoms with Gasteiger partial charge in [0.25, 0.3) is 0 Å². The Morgan fingerprint density at radius 2 is 1.72 bits per heavy atom. The molecule has 0 atom stereocenters. The Bertz CT molecular complexity index is 973. The molecule has 1 fully saturated rings. The molecule has 1 amide bonds. The highest BCUT2D eigenvalue weighted by atomic mass is 16.6. The van der Waals surface area contributed by atoms with Crippen LogP contribution in [0.15, 0.2) is 48.5 Å². The third-order valence-electron chi connectivity index (χ3n) is 5.35. The average Bonchev–Trinajstić information content (AvgIpc) is 3.19. The molecule has 1 heterocycles. The number of ether oxygens (including phenoxy) is 1. The Morgan fingerprint density at radius 3 is 2.41 bits per heavy atom. The van der Waals surface area contributed by atoms with Crippen molar-refractivity contribution in [1.29, 1.82) is 0 Å². The maximum absolute atomic E-state index is 12.7. The van der Waals surface area contributed by atoms with Crippen LogP contribution in [0.3, 0.4) is 0 Å². The van der Waals surface area contributed by atoms with Crippen LogP contribution in [0, 0.1) is 13.8 Å². The second kappa shape index (κ2) is 8.03. The van der Waals surface area contributed by atoms with E-state index in [0.29, 0.717) is 11.6 Å². The summed E-state index contributed by atoms with van der Waals surface area (Å²) >= 11 is 0. The Hall–Kier alpha value is -3.22. The smallest absolute Gasteiger partial charge is 0.410 e. The van der Waals surface area contributed by atoms with Gasteiger partial charge in [0.15, 0.2) is 5.82 Å². The molecular weight excluding hydrogens is 366 g/mol. The SMILES string of the molecule is Cc1cc(C)cc(-n2nnnc2C2(NC(=O)Oc3ccccc3)CCCCC2)c1. The molecule has 4 rings (SSSR count). The molecule has 1 N–H and O–H groups in total. The number of carbonyl (C=O) groups excluding carboxylic acids is 1. The highest BCUT2D eigenvalue weighted by Gasteiger charge is 2.41. The molecule has 1 saturated carbocycles. The van der Waals surface area contributed by atoms with Crippen LogP contribution < -0.4 is 10.1 Å². The zero-order valence-electron chi connectivity index (χ0n) is 16.8. The molecule has 150 valence electrons. The van der Waals surface area contributed by atoms with Crippen molar-refractivity contribution >= 4 is 6.09 Å². The molecule has 1 aliphatic carbocycles. The molecule has 7 nitrogen and oxygen atoms in total. The van der Waals surface area contributed by atoms with Crippen LogP contribution in [-0.2, 0) is 5.54 Å². The van der Waals surface area contributed by atoms with Crippen molar-refractivity contribution in [3.63, 3.8) is 0 Å². The number of amides is 1. The summed E-state index contributed by atoms with van der Waals surface area (Å²) in [6.45, 7) is 4.10. The number of benzene rings is 2. The Morgan fingerprint density at radius 1 is 1.03 bits per heavy atom. The fourth-order valence-corrected chi connectivity index (χ4v) is 4.11. The van der Waals surface area contributed by atoms with Crippen molar-refractivity contribution < 1.29 is 9.53 Å². The fraction of sp³-hybridized carbons (Fsp3) is 0.364. The number of tetrazole rings is 1. The molecule has 29 heavy (non-hydrogen) atoms. The molecule has 0 bridgehead atoms. The van der Waals surface area contributed by atoms with Crippen LogP contribution in [0.5, 0.6) is 5.75 Å². The van der Waals surface area contributed by atoms with Gasteiger partial charge >= 0.3 is 6.09 Å². The van der Waals surface area contributed by atoms with Crippen molar-refractivity contribution in [2.45, 2.75) is 51.5 Å². The number of para-hydroxylation sites is 1. The number of nitrogens with zero attached hydrogens (tertiary/aromatic N) is 4. The molecule has 2 aromatic carbocycles. The summed E-state index contributed by atoms with van der Waals surface area (Å²) in [7, 11) is 0. The first-order valence-corrected chi connectivity index (χ1v) is 9.98. The third-order valence-corrected chi connectivity index (χ3v) is 5.35. The van der Waals surface area contributed by atoms with Crippen molar-refractivity contribution in [1.82, 2.24) is 25.5 Å². The maximum atomic E-state index is 12.7. The van der Waals surface area contributed by atoms with Gasteiger partial charge in [-0.2, -0.15) is 4.68 Å². The number of nitrogens with one attached hydrogen (secondary N) is 1. The zero-order valence-corrected chi connectivity index (χ0v) is 16.8. The largest absolute Gasteiger partial charge is 0.413 e. The van der Waals surface area contributed by atoms with E-state index in [4.69, 9.17) is 4.74 Å². The van der Waals surface area contributed by atoms with Crippen molar-refractivity contribution in [2.24, 2.45) is 0 Å². The molecular formula is C22H25N5O2. The lowest BCUT2D eigenvalue weighted by Gasteiger charge is -2.36. The third kappa shape index (κ3) is 4.13. The minimum Gasteiger partial charge on any atom is -0.410 e. The van der Waals surface area contributed by atoms with Gasteiger partial charge in [-0.3, -0.25) is 0 Å². The van der Waals surface area contributed by atoms with Gasteiger partial charge < -0.3 is 10.1 Å². The zero-order chi connectivity index (χ0) is 20.3. The number of carbonyl (C=O) groups is 1. The van der Waals surface area contributed by atoms with E-state index in [2.05, 4.69) is 26.9 Å². The minimum absolute atomic E-state index is 0.493. The minimum atomic E-state index is -0.661. The first-order valence-electron chi connectivity index (χ1n) is 9.98. The quantitative estimate of drug-likeness (QED) is 0.720. The van der Waals surface area contributed by atoms with Crippen LogP contribution >= 0.6 is 0 Å². The van der Waals surface area contributed by atoms with Crippen LogP contribution in [0.2, 0.25) is 0 Å². The van der Waals surface area contributed by atoms with Crippen LogP contribution in [0.1, 0.15) is 49.1 Å². The molecule has 3 aromatic rings. The van der Waals surface area contributed by atoms with Gasteiger partial charge in [-0.1, -0.05) is 43.5 Å². The van der Waals surface area contributed by atoms with Gasteiger partial charge in [-0.05, 0) is 72.5 Å². The molecule has 0 aliphatic heterocycles. The average molecular weight is 391 g/mol. The Labute approximate surface area is 170 Å². The normalized spacial score (nSPS) is 15.7. The highest BCUT2D eigenvalue weighted by molar-refractivity contribution is 5.71. The standard InChI is InChI=1S/C22H25N5O2/c1-16-13-17(2)15-18(14-16)27-20(24-25-26-27)22(11-7-4-8-12-22)23-21(28)29-19-9-5-3-6-10-19/h3,5-6,9-10,13-15H,4,7-8,11-12H2,1-2H3,(H,23,28). The summed E-state index contributed by atoms with van der Waals surface area (Å²) in [4.78, 5) is 12.7. The lowest BCUT2D eigenvalue weighted by molar-refractivity contribution is 0.162. The molecule has 0 radical (unpaired) electrons. The monoisotopic (exact) mass is 391 g/mol. The predicted molar refractivity (Wildman–Crippen MR) is 109 cm³/mol. The molecule has 0 unspecified atom stereocenters. The number of rotatable bonds is 4. The fourth-order valence-electron chi connectivity index (χ4n) is 4.11. The Kier molecular flexibility index (Phi) is 5.29. The number of hydrogen-bond donors (Lipinski definition) is 1. The molecule has 0 saturated heterocycles. The van der Waals surface area contributed by atoms with Gasteiger partial charge in [0.05, 0.1) is 5.69 Å². The van der Waals surface area contributed by atoms with Crippen molar-refractivity contribution in [3.8, 4) is 11.4 Å². The van der Waals surface area contributed by atoms with E-state index in [1.54, 1.807) is 16.8 Å². The molecule has 1 aliphatic rings. The summed E-state index contributed by atoms with van der Waals surface area (Å²) in [5.74, 6) is 1.15. The van der Waals surface area contributed by atoms with E-state index in [0.717, 1.165) is 48.9 Å². The molecule has 0 spiro atoms. The van der Waals surface area contributed by atoms with Crippen LogP contribution in [0.25, 0.3) is 5.69 Å². The number of hydrogen-bond acceptors (Lipinski definition) is 5. The highest BCUT2D eigenvalue weighted by Crippen LogP contribution is 2.37. The van der Waals surface area contributed by atoms with E-state index in [-0.39, 0.29) is 0 Å². The predicted octanol–water partition coefficient (Wildman–Crippen LogP) is 4.23. The van der Waals surface area contributed by atoms with Crippen molar-refractivity contribution in [2.75, 3.05) is 0 Å². The first-order chi connectivity index (χ1) is 14.1. The van der Waals surface area contributed by atoms with E-state index in [1.807, 2.05) is 44.2 Å². The van der Waals surface area contributed by atoms with Crippen LogP contribution in [0.4, 0.5) is 4.79 Å². The van der Waals surface area contributed by atoms with E-state index >= 15 is 0 Å². The lowest BCUT2D eigenvalue weighted by Crippen LogP contribution is -2.50. The first kappa shape index (κ1) is 19.1. The van der Waals surface area contributed by atoms with E-state index in [9.17, 15) is 4.79 Å². The second-order valence-electron chi connectivity index (χ2n) is 7.73. The number of aromatic nitrogens is 4. The van der Waals surface area contributed by atoms with Gasteiger partial charge in [-0.25, -0.2) is 4.79 Å².